The molecule has 1 aliphatic rings. The molecule has 1 fully saturated rings. The topological polar surface area (TPSA) is 111 Å². The van der Waals surface area contributed by atoms with Crippen LogP contribution in [0.15, 0.2) is 41.3 Å². The minimum atomic E-state index is -0.598. The van der Waals surface area contributed by atoms with Gasteiger partial charge in [-0.05, 0) is 61.5 Å². The van der Waals surface area contributed by atoms with Crippen LogP contribution in [-0.2, 0) is 19.1 Å². The maximum absolute atomic E-state index is 12.8. The van der Waals surface area contributed by atoms with E-state index in [1.165, 1.54) is 19.3 Å². The van der Waals surface area contributed by atoms with E-state index in [0.29, 0.717) is 29.6 Å². The van der Waals surface area contributed by atoms with Gasteiger partial charge in [0.25, 0.3) is 11.1 Å². The van der Waals surface area contributed by atoms with E-state index < -0.39 is 29.6 Å². The second-order valence-corrected chi connectivity index (χ2v) is 8.71. The van der Waals surface area contributed by atoms with Crippen LogP contribution in [0.1, 0.15) is 18.1 Å². The van der Waals surface area contributed by atoms with E-state index >= 15 is 0 Å². The molecule has 0 spiro atoms. The van der Waals surface area contributed by atoms with Crippen molar-refractivity contribution in [2.24, 2.45) is 0 Å². The summed E-state index contributed by atoms with van der Waals surface area (Å²) in [6, 6.07) is 10.2. The monoisotopic (exact) mass is 518 g/mol. The maximum Gasteiger partial charge on any atom is 0.343 e. The number of nitrogens with zero attached hydrogens (tertiary/aromatic N) is 1. The number of halogens is 1. The molecule has 0 bridgehead atoms. The second kappa shape index (κ2) is 11.8. The maximum atomic E-state index is 12.8. The molecule has 1 heterocycles. The minimum absolute atomic E-state index is 0.125. The van der Waals surface area contributed by atoms with Crippen LogP contribution < -0.4 is 14.8 Å². The molecule has 2 aromatic carbocycles. The summed E-state index contributed by atoms with van der Waals surface area (Å²) in [4.78, 5) is 50.0. The van der Waals surface area contributed by atoms with Crippen molar-refractivity contribution in [3.8, 4) is 11.5 Å². The Balaban J connectivity index is 1.75. The molecule has 0 radical (unpaired) electrons. The minimum Gasteiger partial charge on any atom is -0.490 e. The molecule has 2 aromatic rings. The Morgan fingerprint density at radius 1 is 1.14 bits per heavy atom. The number of aryl methyl sites for hydroxylation is 1. The first-order valence-corrected chi connectivity index (χ1v) is 11.7. The van der Waals surface area contributed by atoms with Crippen molar-refractivity contribution in [3.05, 3.63) is 57.5 Å². The zero-order valence-corrected chi connectivity index (χ0v) is 20.8. The number of hydrogen-bond acceptors (Lipinski definition) is 8. The molecule has 3 amide bonds. The fraction of sp³-hybridized carbons (Fsp3) is 0.250. The highest BCUT2D eigenvalue weighted by Crippen LogP contribution is 2.39. The van der Waals surface area contributed by atoms with Gasteiger partial charge in [-0.25, -0.2) is 4.79 Å². The Bertz CT molecular complexity index is 1180. The van der Waals surface area contributed by atoms with Gasteiger partial charge in [-0.2, -0.15) is 0 Å². The molecule has 0 aromatic heterocycles. The lowest BCUT2D eigenvalue weighted by Crippen LogP contribution is -2.36. The second-order valence-electron chi connectivity index (χ2n) is 7.31. The summed E-state index contributed by atoms with van der Waals surface area (Å²) in [5, 5.41) is 2.25. The number of carbonyl (C=O) groups is 4. The summed E-state index contributed by atoms with van der Waals surface area (Å²) in [7, 11) is 1.24. The van der Waals surface area contributed by atoms with Crippen molar-refractivity contribution < 1.29 is 33.4 Å². The van der Waals surface area contributed by atoms with Crippen LogP contribution in [0.3, 0.4) is 0 Å². The first-order valence-electron chi connectivity index (χ1n) is 10.5. The van der Waals surface area contributed by atoms with Crippen molar-refractivity contribution in [3.63, 3.8) is 0 Å². The lowest BCUT2D eigenvalue weighted by molar-refractivity contribution is -0.143. The van der Waals surface area contributed by atoms with E-state index in [4.69, 9.17) is 21.1 Å². The Kier molecular flexibility index (Phi) is 8.78. The number of amides is 3. The van der Waals surface area contributed by atoms with Gasteiger partial charge in [0.1, 0.15) is 6.54 Å². The van der Waals surface area contributed by atoms with Gasteiger partial charge < -0.3 is 19.5 Å². The number of anilines is 1. The van der Waals surface area contributed by atoms with E-state index in [2.05, 4.69) is 10.1 Å². The van der Waals surface area contributed by atoms with Crippen LogP contribution in [0.2, 0.25) is 5.02 Å². The average Bonchev–Trinajstić information content (AvgIpc) is 3.07. The first-order chi connectivity index (χ1) is 16.7. The fourth-order valence-corrected chi connectivity index (χ4v) is 4.14. The van der Waals surface area contributed by atoms with Gasteiger partial charge >= 0.3 is 5.97 Å². The SMILES string of the molecule is CCOc1cc(/C=C2/SC(=O)N(CC(=O)Nc3ccc(C)cc3)C2=O)cc(Cl)c1OCC(=O)OC. The van der Waals surface area contributed by atoms with Gasteiger partial charge in [0.2, 0.25) is 5.91 Å². The van der Waals surface area contributed by atoms with Crippen LogP contribution in [0, 0.1) is 6.92 Å². The van der Waals surface area contributed by atoms with Crippen molar-refractivity contribution in [1.29, 1.82) is 0 Å². The Hall–Kier alpha value is -3.50. The summed E-state index contributed by atoms with van der Waals surface area (Å²) in [6.45, 7) is 3.20. The van der Waals surface area contributed by atoms with E-state index in [-0.39, 0.29) is 28.0 Å². The Labute approximate surface area is 211 Å². The van der Waals surface area contributed by atoms with Gasteiger partial charge in [-0.3, -0.25) is 19.3 Å². The molecule has 0 aliphatic carbocycles. The van der Waals surface area contributed by atoms with E-state index in [1.54, 1.807) is 25.1 Å². The normalized spacial score (nSPS) is 14.3. The molecule has 1 aliphatic heterocycles. The number of benzene rings is 2. The highest BCUT2D eigenvalue weighted by atomic mass is 35.5. The quantitative estimate of drug-likeness (QED) is 0.387. The predicted molar refractivity (Wildman–Crippen MR) is 133 cm³/mol. The number of esters is 1. The molecule has 9 nitrogen and oxygen atoms in total. The molecule has 0 atom stereocenters. The van der Waals surface area contributed by atoms with Crippen LogP contribution in [0.5, 0.6) is 11.5 Å². The number of methoxy groups -OCH3 is 1. The summed E-state index contributed by atoms with van der Waals surface area (Å²) in [5.41, 5.74) is 2.07. The summed E-state index contributed by atoms with van der Waals surface area (Å²) in [5.74, 6) is -1.28. The van der Waals surface area contributed by atoms with Gasteiger partial charge in [0.15, 0.2) is 18.1 Å². The van der Waals surface area contributed by atoms with Crippen LogP contribution in [0.4, 0.5) is 10.5 Å². The number of hydrogen-bond donors (Lipinski definition) is 1. The molecule has 0 saturated carbocycles. The summed E-state index contributed by atoms with van der Waals surface area (Å²) in [6.07, 6.45) is 1.47. The van der Waals surface area contributed by atoms with E-state index in [1.807, 2.05) is 19.1 Å². The molecular formula is C24H23ClN2O7S. The third-order valence-corrected chi connectivity index (χ3v) is 5.89. The van der Waals surface area contributed by atoms with Crippen LogP contribution >= 0.6 is 23.4 Å². The van der Waals surface area contributed by atoms with Crippen molar-refractivity contribution in [1.82, 2.24) is 4.90 Å². The standard InChI is InChI=1S/C24H23ClN2O7S/c1-4-33-18-10-15(9-17(25)22(18)34-13-21(29)32-3)11-19-23(30)27(24(31)35-19)12-20(28)26-16-7-5-14(2)6-8-16/h5-11H,4,12-13H2,1-3H3,(H,26,28)/b19-11+. The Morgan fingerprint density at radius 2 is 1.86 bits per heavy atom. The number of rotatable bonds is 9. The molecule has 11 heteroatoms. The van der Waals surface area contributed by atoms with Gasteiger partial charge in [0, 0.05) is 5.69 Å². The average molecular weight is 519 g/mol. The zero-order valence-electron chi connectivity index (χ0n) is 19.3. The molecule has 1 N–H and O–H groups in total. The van der Waals surface area contributed by atoms with Gasteiger partial charge in [0.05, 0.1) is 23.6 Å². The largest absolute Gasteiger partial charge is 0.490 e. The van der Waals surface area contributed by atoms with Crippen LogP contribution in [0.25, 0.3) is 6.08 Å². The molecule has 0 unspecified atom stereocenters. The van der Waals surface area contributed by atoms with Crippen molar-refractivity contribution >= 4 is 58.1 Å². The van der Waals surface area contributed by atoms with Crippen LogP contribution in [-0.4, -0.2) is 54.8 Å². The highest BCUT2D eigenvalue weighted by Gasteiger charge is 2.36. The molecule has 3 rings (SSSR count). The van der Waals surface area contributed by atoms with Crippen molar-refractivity contribution in [2.75, 3.05) is 32.2 Å². The fourth-order valence-electron chi connectivity index (χ4n) is 3.03. The van der Waals surface area contributed by atoms with E-state index in [9.17, 15) is 19.2 Å². The molecular weight excluding hydrogens is 496 g/mol. The van der Waals surface area contributed by atoms with E-state index in [0.717, 1.165) is 10.5 Å². The number of thioether (sulfide) groups is 1. The smallest absolute Gasteiger partial charge is 0.343 e. The third kappa shape index (κ3) is 6.77. The number of ether oxygens (including phenoxy) is 3. The van der Waals surface area contributed by atoms with Gasteiger partial charge in [-0.15, -0.1) is 0 Å². The molecule has 35 heavy (non-hydrogen) atoms. The van der Waals surface area contributed by atoms with Crippen molar-refractivity contribution in [2.45, 2.75) is 13.8 Å². The number of carbonyl (C=O) groups excluding carboxylic acids is 4. The number of imide groups is 1. The lowest BCUT2D eigenvalue weighted by atomic mass is 10.1. The molecule has 184 valence electrons. The lowest BCUT2D eigenvalue weighted by Gasteiger charge is -2.14. The summed E-state index contributed by atoms with van der Waals surface area (Å²) < 4.78 is 15.5. The first kappa shape index (κ1) is 26.1. The Morgan fingerprint density at radius 3 is 2.51 bits per heavy atom. The summed E-state index contributed by atoms with van der Waals surface area (Å²) >= 11 is 7.04. The third-order valence-electron chi connectivity index (χ3n) is 4.70. The molecule has 1 saturated heterocycles. The predicted octanol–water partition coefficient (Wildman–Crippen LogP) is 4.27. The van der Waals surface area contributed by atoms with Gasteiger partial charge in [-0.1, -0.05) is 29.3 Å². The highest BCUT2D eigenvalue weighted by molar-refractivity contribution is 8.18. The number of nitrogens with one attached hydrogen (secondary N) is 1. The zero-order chi connectivity index (χ0) is 25.5.